The number of hydrogen-bond acceptors (Lipinski definition) is 3. The zero-order chi connectivity index (χ0) is 17.6. The van der Waals surface area contributed by atoms with Gasteiger partial charge in [0, 0.05) is 6.42 Å². The smallest absolute Gasteiger partial charge is 0.312 e. The summed E-state index contributed by atoms with van der Waals surface area (Å²) in [5.74, 6) is -0.766. The number of aliphatic carboxylic acids is 1. The molecular formula is C19H36O4. The van der Waals surface area contributed by atoms with Gasteiger partial charge in [-0.05, 0) is 32.1 Å². The lowest BCUT2D eigenvalue weighted by molar-refractivity contribution is -0.157. The van der Waals surface area contributed by atoms with Crippen LogP contribution in [0.5, 0.6) is 0 Å². The van der Waals surface area contributed by atoms with Crippen LogP contribution >= 0.6 is 0 Å². The van der Waals surface area contributed by atoms with Gasteiger partial charge in [0.15, 0.2) is 0 Å². The van der Waals surface area contributed by atoms with Gasteiger partial charge >= 0.3 is 11.9 Å². The molecule has 0 heterocycles. The monoisotopic (exact) mass is 328 g/mol. The van der Waals surface area contributed by atoms with E-state index in [2.05, 4.69) is 20.8 Å². The van der Waals surface area contributed by atoms with Crippen molar-refractivity contribution in [3.8, 4) is 0 Å². The highest BCUT2D eigenvalue weighted by molar-refractivity contribution is 5.76. The van der Waals surface area contributed by atoms with Gasteiger partial charge in [-0.15, -0.1) is 0 Å². The molecule has 0 aromatic rings. The number of unbranched alkanes of at least 4 members (excludes halogenated alkanes) is 6. The van der Waals surface area contributed by atoms with Crippen LogP contribution in [0.4, 0.5) is 0 Å². The molecule has 0 saturated heterocycles. The fourth-order valence-electron chi connectivity index (χ4n) is 2.93. The number of ether oxygens (including phenoxy) is 1. The zero-order valence-corrected chi connectivity index (χ0v) is 15.4. The van der Waals surface area contributed by atoms with Gasteiger partial charge in [0.2, 0.25) is 0 Å². The Morgan fingerprint density at radius 2 is 1.48 bits per heavy atom. The number of carboxylic acids is 1. The highest BCUT2D eigenvalue weighted by Gasteiger charge is 2.35. The molecule has 23 heavy (non-hydrogen) atoms. The highest BCUT2D eigenvalue weighted by Crippen LogP contribution is 2.34. The molecule has 0 unspecified atom stereocenters. The minimum atomic E-state index is -0.729. The number of hydrogen-bond donors (Lipinski definition) is 1. The molecule has 0 aliphatic heterocycles. The van der Waals surface area contributed by atoms with Gasteiger partial charge in [0.25, 0.3) is 0 Å². The van der Waals surface area contributed by atoms with Crippen molar-refractivity contribution in [2.24, 2.45) is 5.41 Å². The van der Waals surface area contributed by atoms with Gasteiger partial charge < -0.3 is 9.84 Å². The van der Waals surface area contributed by atoms with Gasteiger partial charge in [-0.25, -0.2) is 0 Å². The summed E-state index contributed by atoms with van der Waals surface area (Å²) < 4.78 is 5.53. The molecule has 0 spiro atoms. The first-order valence-corrected chi connectivity index (χ1v) is 9.41. The first kappa shape index (κ1) is 21.9. The number of carboxylic acid groups (broad SMARTS) is 1. The number of carbonyl (C=O) groups excluding carboxylic acids is 1. The third-order valence-corrected chi connectivity index (χ3v) is 4.81. The van der Waals surface area contributed by atoms with Gasteiger partial charge in [0.1, 0.15) is 0 Å². The second-order valence-electron chi connectivity index (χ2n) is 6.49. The van der Waals surface area contributed by atoms with Crippen LogP contribution in [0.25, 0.3) is 0 Å². The van der Waals surface area contributed by atoms with E-state index in [1.165, 1.54) is 12.8 Å². The Morgan fingerprint density at radius 3 is 2.04 bits per heavy atom. The van der Waals surface area contributed by atoms with Crippen molar-refractivity contribution < 1.29 is 19.4 Å². The van der Waals surface area contributed by atoms with E-state index in [1.54, 1.807) is 0 Å². The molecule has 0 aliphatic carbocycles. The standard InChI is InChI=1S/C19H36O4/c1-4-7-8-13-16-23-18(22)19(5-2,6-3)15-12-10-9-11-14-17(20)21/h4-16H2,1-3H3,(H,20,21). The van der Waals surface area contributed by atoms with Crippen molar-refractivity contribution in [1.82, 2.24) is 0 Å². The zero-order valence-electron chi connectivity index (χ0n) is 15.4. The van der Waals surface area contributed by atoms with Crippen molar-refractivity contribution >= 4 is 11.9 Å². The third kappa shape index (κ3) is 9.62. The van der Waals surface area contributed by atoms with Gasteiger partial charge in [-0.2, -0.15) is 0 Å². The summed E-state index contributed by atoms with van der Waals surface area (Å²) in [7, 11) is 0. The number of carbonyl (C=O) groups is 2. The van der Waals surface area contributed by atoms with E-state index in [4.69, 9.17) is 9.84 Å². The second-order valence-corrected chi connectivity index (χ2v) is 6.49. The predicted molar refractivity (Wildman–Crippen MR) is 93.5 cm³/mol. The third-order valence-electron chi connectivity index (χ3n) is 4.81. The Bertz CT molecular complexity index is 321. The van der Waals surface area contributed by atoms with Gasteiger partial charge in [-0.3, -0.25) is 9.59 Å². The fraction of sp³-hybridized carbons (Fsp3) is 0.895. The summed E-state index contributed by atoms with van der Waals surface area (Å²) in [6.07, 6.45) is 10.8. The van der Waals surface area contributed by atoms with Crippen molar-refractivity contribution in [1.29, 1.82) is 0 Å². The molecule has 4 heteroatoms. The van der Waals surface area contributed by atoms with Crippen LogP contribution < -0.4 is 0 Å². The SMILES string of the molecule is CCCCCCOC(=O)C(CC)(CC)CCCCCCC(=O)O. The molecule has 0 bridgehead atoms. The van der Waals surface area contributed by atoms with Gasteiger partial charge in [0.05, 0.1) is 12.0 Å². The summed E-state index contributed by atoms with van der Waals surface area (Å²) in [4.78, 5) is 22.9. The normalized spacial score (nSPS) is 11.4. The van der Waals surface area contributed by atoms with E-state index in [0.29, 0.717) is 6.61 Å². The lowest BCUT2D eigenvalue weighted by Crippen LogP contribution is -2.32. The maximum Gasteiger partial charge on any atom is 0.312 e. The summed E-state index contributed by atoms with van der Waals surface area (Å²) in [5, 5.41) is 8.62. The van der Waals surface area contributed by atoms with Crippen LogP contribution in [0.2, 0.25) is 0 Å². The molecule has 0 fully saturated rings. The average Bonchev–Trinajstić information content (AvgIpc) is 2.54. The maximum absolute atomic E-state index is 12.5. The van der Waals surface area contributed by atoms with Crippen LogP contribution in [-0.2, 0) is 14.3 Å². The van der Waals surface area contributed by atoms with Crippen molar-refractivity contribution in [3.05, 3.63) is 0 Å². The van der Waals surface area contributed by atoms with Crippen LogP contribution in [0.15, 0.2) is 0 Å². The van der Waals surface area contributed by atoms with Crippen molar-refractivity contribution in [2.45, 2.75) is 97.8 Å². The first-order valence-electron chi connectivity index (χ1n) is 9.41. The molecule has 0 amide bonds. The minimum absolute atomic E-state index is 0.0375. The first-order chi connectivity index (χ1) is 11.0. The molecule has 0 saturated carbocycles. The summed E-state index contributed by atoms with van der Waals surface area (Å²) in [5.41, 5.74) is -0.350. The summed E-state index contributed by atoms with van der Waals surface area (Å²) in [6.45, 7) is 6.83. The van der Waals surface area contributed by atoms with Crippen molar-refractivity contribution in [2.75, 3.05) is 6.61 Å². The Balaban J connectivity index is 4.11. The minimum Gasteiger partial charge on any atom is -0.481 e. The largest absolute Gasteiger partial charge is 0.481 e. The fourth-order valence-corrected chi connectivity index (χ4v) is 2.93. The van der Waals surface area contributed by atoms with Crippen LogP contribution in [0, 0.1) is 5.41 Å². The Kier molecular flexibility index (Phi) is 12.8. The molecule has 0 radical (unpaired) electrons. The van der Waals surface area contributed by atoms with Gasteiger partial charge in [-0.1, -0.05) is 59.3 Å². The van der Waals surface area contributed by atoms with Crippen molar-refractivity contribution in [3.63, 3.8) is 0 Å². The predicted octanol–water partition coefficient (Wildman–Crippen LogP) is 5.34. The van der Waals surface area contributed by atoms with Crippen LogP contribution in [0.3, 0.4) is 0 Å². The van der Waals surface area contributed by atoms with E-state index < -0.39 is 5.97 Å². The van der Waals surface area contributed by atoms with E-state index in [1.807, 2.05) is 0 Å². The molecule has 0 aromatic carbocycles. The quantitative estimate of drug-likeness (QED) is 0.325. The molecule has 0 aromatic heterocycles. The summed E-state index contributed by atoms with van der Waals surface area (Å²) >= 11 is 0. The number of rotatable bonds is 15. The lowest BCUT2D eigenvalue weighted by Gasteiger charge is -2.29. The molecule has 1 N–H and O–H groups in total. The number of esters is 1. The molecule has 0 atom stereocenters. The highest BCUT2D eigenvalue weighted by atomic mass is 16.5. The van der Waals surface area contributed by atoms with Crippen LogP contribution in [-0.4, -0.2) is 23.7 Å². The molecule has 0 rings (SSSR count). The Hall–Kier alpha value is -1.06. The molecule has 136 valence electrons. The molecule has 0 aliphatic rings. The molecule has 4 nitrogen and oxygen atoms in total. The average molecular weight is 328 g/mol. The van der Waals surface area contributed by atoms with E-state index in [9.17, 15) is 9.59 Å². The second kappa shape index (κ2) is 13.4. The molecular weight excluding hydrogens is 292 g/mol. The van der Waals surface area contributed by atoms with E-state index in [0.717, 1.165) is 57.8 Å². The van der Waals surface area contributed by atoms with E-state index >= 15 is 0 Å². The van der Waals surface area contributed by atoms with E-state index in [-0.39, 0.29) is 17.8 Å². The lowest BCUT2D eigenvalue weighted by atomic mass is 9.77. The Labute approximate surface area is 142 Å². The Morgan fingerprint density at radius 1 is 0.870 bits per heavy atom. The van der Waals surface area contributed by atoms with Crippen LogP contribution in [0.1, 0.15) is 97.8 Å². The topological polar surface area (TPSA) is 63.6 Å². The summed E-state index contributed by atoms with van der Waals surface area (Å²) in [6, 6.07) is 0. The maximum atomic E-state index is 12.5.